The quantitative estimate of drug-likeness (QED) is 0.318. The maximum absolute atomic E-state index is 15.0. The molecule has 2 aromatic rings. The predicted molar refractivity (Wildman–Crippen MR) is 226 cm³/mol. The van der Waals surface area contributed by atoms with Gasteiger partial charge in [0.1, 0.15) is 34.8 Å². The van der Waals surface area contributed by atoms with Crippen molar-refractivity contribution in [2.45, 2.75) is 85.6 Å². The number of esters is 1. The number of ether oxygens (including phenoxy) is 4. The largest absolute Gasteiger partial charge is 0.507 e. The monoisotopic (exact) mass is 856 g/mol. The molecular formula is C46H56N4O12. The zero-order chi connectivity index (χ0) is 45.4. The van der Waals surface area contributed by atoms with Crippen LogP contribution in [0.4, 0.5) is 5.82 Å². The number of aromatic nitrogens is 1. The minimum atomic E-state index is -2.09. The van der Waals surface area contributed by atoms with Crippen LogP contribution in [0.2, 0.25) is 0 Å². The Labute approximate surface area is 360 Å². The van der Waals surface area contributed by atoms with E-state index in [1.807, 2.05) is 17.0 Å². The third-order valence-corrected chi connectivity index (χ3v) is 12.5. The number of phenolic OH excluding ortho intramolecular Hbond substituents is 1. The highest BCUT2D eigenvalue weighted by molar-refractivity contribution is 6.32. The van der Waals surface area contributed by atoms with Crippen molar-refractivity contribution in [1.29, 1.82) is 0 Å². The molecular weight excluding hydrogens is 801 g/mol. The first-order valence-electron chi connectivity index (χ1n) is 20.8. The normalized spacial score (nSPS) is 31.8. The number of hydrogen-bond donors (Lipinski definition) is 4. The van der Waals surface area contributed by atoms with Crippen molar-refractivity contribution >= 4 is 35.0 Å². The highest BCUT2D eigenvalue weighted by Crippen LogP contribution is 2.49. The van der Waals surface area contributed by atoms with E-state index in [9.17, 15) is 34.5 Å². The van der Waals surface area contributed by atoms with Crippen LogP contribution in [0.15, 0.2) is 71.9 Å². The number of fused-ring (bicyclic) bond motifs is 14. The molecule has 9 atom stereocenters. The topological polar surface area (TPSA) is 214 Å². The number of nitrogens with zero attached hydrogens (tertiary/aromatic N) is 3. The highest BCUT2D eigenvalue weighted by atomic mass is 16.7. The van der Waals surface area contributed by atoms with Crippen molar-refractivity contribution in [3.05, 3.63) is 94.2 Å². The molecule has 5 heterocycles. The van der Waals surface area contributed by atoms with Crippen molar-refractivity contribution in [2.75, 3.05) is 38.2 Å². The average Bonchev–Trinajstić information content (AvgIpc) is 3.52. The summed E-state index contributed by atoms with van der Waals surface area (Å²) in [5.74, 6) is -8.42. The molecule has 1 aliphatic carbocycles. The van der Waals surface area contributed by atoms with Crippen molar-refractivity contribution < 1.29 is 58.2 Å². The molecule has 5 bridgehead atoms. The van der Waals surface area contributed by atoms with Crippen molar-refractivity contribution in [3.63, 3.8) is 0 Å². The number of amides is 1. The molecule has 0 radical (unpaired) electrons. The molecule has 1 aromatic carbocycles. The van der Waals surface area contributed by atoms with E-state index >= 15 is 4.79 Å². The van der Waals surface area contributed by atoms with Crippen LogP contribution >= 0.6 is 0 Å². The Hall–Kier alpha value is -5.84. The van der Waals surface area contributed by atoms with E-state index in [4.69, 9.17) is 18.9 Å². The number of carbonyl (C=O) groups excluding carboxylic acids is 5. The SMILES string of the molecule is COC1/C=C/OC2(C)Oc3c(C)c(O)c4c(c3C2=O)C(=O)C(N2CCN(c3ccccn3)CC2)=C(NC(=O)/C(C)=C\C=C\C(C)C(O)C(C)C(O)C(C)C(OC(C)=O)C1C)C4=O. The number of aliphatic hydroxyl groups is 2. The van der Waals surface area contributed by atoms with Gasteiger partial charge in [-0.25, -0.2) is 4.98 Å². The van der Waals surface area contributed by atoms with E-state index in [1.165, 1.54) is 53.2 Å². The van der Waals surface area contributed by atoms with Gasteiger partial charge in [0.25, 0.3) is 11.7 Å². The molecule has 5 aliphatic rings. The second-order valence-corrected chi connectivity index (χ2v) is 16.7. The summed E-state index contributed by atoms with van der Waals surface area (Å²) >= 11 is 0. The van der Waals surface area contributed by atoms with Gasteiger partial charge < -0.3 is 49.4 Å². The Morgan fingerprint density at radius 3 is 2.21 bits per heavy atom. The van der Waals surface area contributed by atoms with Gasteiger partial charge in [-0.2, -0.15) is 0 Å². The van der Waals surface area contributed by atoms with Crippen LogP contribution in [-0.4, -0.2) is 118 Å². The Kier molecular flexibility index (Phi) is 13.4. The Morgan fingerprint density at radius 1 is 0.903 bits per heavy atom. The van der Waals surface area contributed by atoms with Crippen molar-refractivity contribution in [3.8, 4) is 11.5 Å². The van der Waals surface area contributed by atoms with Crippen molar-refractivity contribution in [1.82, 2.24) is 15.2 Å². The van der Waals surface area contributed by atoms with E-state index in [2.05, 4.69) is 10.3 Å². The molecule has 0 saturated carbocycles. The summed E-state index contributed by atoms with van der Waals surface area (Å²) in [7, 11) is 1.43. The fraction of sp³-hybridized carbons (Fsp3) is 0.478. The van der Waals surface area contributed by atoms with Gasteiger partial charge >= 0.3 is 11.8 Å². The zero-order valence-electron chi connectivity index (χ0n) is 36.5. The number of nitrogens with one attached hydrogen (secondary N) is 1. The summed E-state index contributed by atoms with van der Waals surface area (Å²) in [6, 6.07) is 5.53. The molecule has 16 nitrogen and oxygen atoms in total. The lowest BCUT2D eigenvalue weighted by molar-refractivity contribution is -0.160. The van der Waals surface area contributed by atoms with E-state index in [1.54, 1.807) is 57.0 Å². The average molecular weight is 857 g/mol. The molecule has 7 rings (SSSR count). The number of rotatable bonds is 4. The van der Waals surface area contributed by atoms with Gasteiger partial charge in [0, 0.05) is 88.1 Å². The summed E-state index contributed by atoms with van der Waals surface area (Å²) in [5.41, 5.74) is -1.46. The van der Waals surface area contributed by atoms with Crippen LogP contribution < -0.4 is 15.0 Å². The summed E-state index contributed by atoms with van der Waals surface area (Å²) < 4.78 is 23.6. The molecule has 1 amide bonds. The fourth-order valence-electron chi connectivity index (χ4n) is 8.68. The molecule has 1 saturated heterocycles. The van der Waals surface area contributed by atoms with E-state index < -0.39 is 94.4 Å². The van der Waals surface area contributed by atoms with Crippen molar-refractivity contribution in [2.24, 2.45) is 23.7 Å². The van der Waals surface area contributed by atoms with Crippen LogP contribution in [0.1, 0.15) is 85.1 Å². The van der Waals surface area contributed by atoms with Gasteiger partial charge in [-0.1, -0.05) is 52.0 Å². The second-order valence-electron chi connectivity index (χ2n) is 16.7. The number of carbonyl (C=O) groups is 5. The molecule has 332 valence electrons. The van der Waals surface area contributed by atoms with E-state index in [0.717, 1.165) is 5.82 Å². The molecule has 0 spiro atoms. The Balaban J connectivity index is 1.47. The van der Waals surface area contributed by atoms with Gasteiger partial charge in [0.2, 0.25) is 11.6 Å². The number of benzene rings is 1. The first-order chi connectivity index (χ1) is 29.3. The second kappa shape index (κ2) is 18.2. The van der Waals surface area contributed by atoms with Crippen LogP contribution in [0.3, 0.4) is 0 Å². The first-order valence-corrected chi connectivity index (χ1v) is 20.8. The van der Waals surface area contributed by atoms with E-state index in [-0.39, 0.29) is 52.5 Å². The number of allylic oxidation sites excluding steroid dienone is 4. The van der Waals surface area contributed by atoms with Crippen LogP contribution in [0, 0.1) is 30.6 Å². The van der Waals surface area contributed by atoms with Gasteiger partial charge in [-0.15, -0.1) is 0 Å². The highest BCUT2D eigenvalue weighted by Gasteiger charge is 2.53. The maximum atomic E-state index is 15.0. The number of Topliss-reactive ketones (excluding diaryl/α,β-unsaturated/α-hetero) is 3. The third kappa shape index (κ3) is 8.50. The number of aromatic hydroxyl groups is 1. The van der Waals surface area contributed by atoms with Gasteiger partial charge in [0.05, 0.1) is 41.3 Å². The number of hydrogen-bond acceptors (Lipinski definition) is 15. The molecule has 1 aromatic heterocycles. The summed E-state index contributed by atoms with van der Waals surface area (Å²) in [6.07, 6.45) is 5.12. The smallest absolute Gasteiger partial charge is 0.312 e. The van der Waals surface area contributed by atoms with Crippen LogP contribution in [0.25, 0.3) is 0 Å². The van der Waals surface area contributed by atoms with Gasteiger partial charge in [0.15, 0.2) is 0 Å². The number of piperazine rings is 1. The van der Waals surface area contributed by atoms with Gasteiger partial charge in [-0.3, -0.25) is 24.0 Å². The lowest BCUT2D eigenvalue weighted by Gasteiger charge is -2.39. The fourth-order valence-corrected chi connectivity index (χ4v) is 8.68. The maximum Gasteiger partial charge on any atom is 0.312 e. The number of anilines is 1. The summed E-state index contributed by atoms with van der Waals surface area (Å²) in [6.45, 7) is 13.7. The molecule has 4 N–H and O–H groups in total. The third-order valence-electron chi connectivity index (χ3n) is 12.5. The molecule has 1 fully saturated rings. The minimum absolute atomic E-state index is 0.0000801. The van der Waals surface area contributed by atoms with E-state index in [0.29, 0.717) is 13.1 Å². The number of ketones is 3. The molecule has 4 aliphatic heterocycles. The van der Waals surface area contributed by atoms with Crippen LogP contribution in [0.5, 0.6) is 11.5 Å². The molecule has 16 heteroatoms. The Morgan fingerprint density at radius 2 is 1.58 bits per heavy atom. The molecule has 62 heavy (non-hydrogen) atoms. The molecule has 9 unspecified atom stereocenters. The zero-order valence-corrected chi connectivity index (χ0v) is 36.5. The summed E-state index contributed by atoms with van der Waals surface area (Å²) in [5, 5.41) is 37.2. The van der Waals surface area contributed by atoms with Crippen LogP contribution in [-0.2, 0) is 23.8 Å². The first kappa shape index (κ1) is 45.7. The number of aliphatic hydroxyl groups excluding tert-OH is 2. The number of pyridine rings is 1. The minimum Gasteiger partial charge on any atom is -0.507 e. The standard InChI is InChI=1S/C46H56N4O12/c1-23-13-12-14-24(2)45(58)48-35-36(50-20-18-49(19-21-50)31-15-10-11-17-47-31)41(56)32-33(40(35)55)39(54)28(6)43-34(32)44(57)46(8,62-43)60-22-16-30(59-9)25(3)42(61-29(7)51)27(5)38(53)26(4)37(23)52/h10-17,22-23,25-27,30,37-38,42,52-54H,18-21H2,1-9H3,(H,48,58)/b13-12+,22-16+,24-14-. The predicted octanol–water partition coefficient (Wildman–Crippen LogP) is 4.18. The number of methoxy groups -OCH3 is 1. The Bertz CT molecular complexity index is 2240. The lowest BCUT2D eigenvalue weighted by atomic mass is 9.78. The summed E-state index contributed by atoms with van der Waals surface area (Å²) in [4.78, 5) is 78.6. The lowest BCUT2D eigenvalue weighted by Crippen LogP contribution is -2.50. The van der Waals surface area contributed by atoms with Gasteiger partial charge in [-0.05, 0) is 32.1 Å². The number of phenols is 1.